The lowest BCUT2D eigenvalue weighted by Gasteiger charge is -2.23. The van der Waals surface area contributed by atoms with Crippen LogP contribution < -0.4 is 5.32 Å². The first-order chi connectivity index (χ1) is 11.0. The van der Waals surface area contributed by atoms with Gasteiger partial charge in [0.15, 0.2) is 5.13 Å². The third-order valence-electron chi connectivity index (χ3n) is 4.67. The fourth-order valence-electron chi connectivity index (χ4n) is 3.69. The number of anilines is 1. The number of rotatable bonds is 3. The zero-order chi connectivity index (χ0) is 16.1. The van der Waals surface area contributed by atoms with Gasteiger partial charge in [-0.3, -0.25) is 9.59 Å². The molecule has 0 spiro atoms. The molecule has 2 aromatic rings. The number of aromatic nitrogens is 1. The number of carbonyl (C=O) groups excluding carboxylic acids is 1. The van der Waals surface area contributed by atoms with Crippen molar-refractivity contribution < 1.29 is 19.8 Å². The lowest BCUT2D eigenvalue weighted by Crippen LogP contribution is -2.36. The maximum absolute atomic E-state index is 12.6. The molecule has 2 aliphatic carbocycles. The van der Waals surface area contributed by atoms with E-state index in [1.54, 1.807) is 6.07 Å². The molecule has 1 heterocycles. The number of thiazole rings is 1. The summed E-state index contributed by atoms with van der Waals surface area (Å²) >= 11 is 1.26. The van der Waals surface area contributed by atoms with Crippen LogP contribution in [0.15, 0.2) is 30.4 Å². The third kappa shape index (κ3) is 2.19. The Morgan fingerprint density at radius 2 is 1.96 bits per heavy atom. The van der Waals surface area contributed by atoms with E-state index in [2.05, 4.69) is 10.3 Å². The second-order valence-electron chi connectivity index (χ2n) is 5.97. The number of amides is 1. The molecule has 4 rings (SSSR count). The lowest BCUT2D eigenvalue weighted by molar-refractivity contribution is -0.146. The van der Waals surface area contributed by atoms with Crippen molar-refractivity contribution >= 4 is 38.6 Å². The molecule has 4 atom stereocenters. The molecule has 2 bridgehead atoms. The summed E-state index contributed by atoms with van der Waals surface area (Å²) in [6.45, 7) is 0. The van der Waals surface area contributed by atoms with Crippen molar-refractivity contribution in [2.24, 2.45) is 23.7 Å². The van der Waals surface area contributed by atoms with E-state index < -0.39 is 17.8 Å². The number of carboxylic acids is 1. The van der Waals surface area contributed by atoms with E-state index in [0.717, 1.165) is 11.1 Å². The number of aromatic hydroxyl groups is 1. The number of para-hydroxylation sites is 1. The Bertz CT molecular complexity index is 844. The van der Waals surface area contributed by atoms with Gasteiger partial charge in [-0.15, -0.1) is 0 Å². The van der Waals surface area contributed by atoms with Gasteiger partial charge in [0.1, 0.15) is 11.3 Å². The molecule has 0 radical (unpaired) electrons. The fraction of sp³-hybridized carbons (Fsp3) is 0.312. The predicted octanol–water partition coefficient (Wildman–Crippen LogP) is 2.46. The molecule has 0 saturated heterocycles. The maximum atomic E-state index is 12.6. The van der Waals surface area contributed by atoms with E-state index in [9.17, 15) is 19.8 Å². The number of aliphatic carboxylic acids is 1. The minimum absolute atomic E-state index is 0.0242. The van der Waals surface area contributed by atoms with E-state index >= 15 is 0 Å². The topological polar surface area (TPSA) is 99.5 Å². The van der Waals surface area contributed by atoms with E-state index in [1.165, 1.54) is 17.4 Å². The van der Waals surface area contributed by atoms with Gasteiger partial charge in [-0.05, 0) is 30.4 Å². The first kappa shape index (κ1) is 14.2. The molecule has 1 amide bonds. The Labute approximate surface area is 135 Å². The van der Waals surface area contributed by atoms with Gasteiger partial charge >= 0.3 is 5.97 Å². The van der Waals surface area contributed by atoms with Crippen LogP contribution in [0.4, 0.5) is 5.13 Å². The number of hydrogen-bond acceptors (Lipinski definition) is 5. The fourth-order valence-corrected chi connectivity index (χ4v) is 4.58. The van der Waals surface area contributed by atoms with Gasteiger partial charge in [-0.1, -0.05) is 29.6 Å². The van der Waals surface area contributed by atoms with Crippen LogP contribution in [0.5, 0.6) is 5.75 Å². The van der Waals surface area contributed by atoms with Crippen molar-refractivity contribution in [1.82, 2.24) is 4.98 Å². The monoisotopic (exact) mass is 330 g/mol. The van der Waals surface area contributed by atoms with E-state index in [-0.39, 0.29) is 23.5 Å². The summed E-state index contributed by atoms with van der Waals surface area (Å²) in [6, 6.07) is 5.06. The number of fused-ring (bicyclic) bond motifs is 3. The first-order valence-corrected chi connectivity index (χ1v) is 8.17. The third-order valence-corrected chi connectivity index (χ3v) is 5.61. The van der Waals surface area contributed by atoms with Gasteiger partial charge in [0, 0.05) is 0 Å². The second kappa shape index (κ2) is 5.06. The summed E-state index contributed by atoms with van der Waals surface area (Å²) in [6.07, 6.45) is 4.57. The van der Waals surface area contributed by atoms with Crippen molar-refractivity contribution in [3.05, 3.63) is 30.4 Å². The summed E-state index contributed by atoms with van der Waals surface area (Å²) in [5.41, 5.74) is 0.440. The van der Waals surface area contributed by atoms with Crippen LogP contribution in [0.2, 0.25) is 0 Å². The minimum atomic E-state index is -0.927. The molecular weight excluding hydrogens is 316 g/mol. The second-order valence-corrected chi connectivity index (χ2v) is 7.00. The first-order valence-electron chi connectivity index (χ1n) is 7.35. The molecule has 1 aromatic heterocycles. The van der Waals surface area contributed by atoms with Crippen LogP contribution in [0.25, 0.3) is 10.2 Å². The highest BCUT2D eigenvalue weighted by Gasteiger charge is 2.51. The number of phenols is 1. The average molecular weight is 330 g/mol. The highest BCUT2D eigenvalue weighted by Crippen LogP contribution is 2.48. The summed E-state index contributed by atoms with van der Waals surface area (Å²) in [7, 11) is 0. The predicted molar refractivity (Wildman–Crippen MR) is 85.3 cm³/mol. The molecule has 1 saturated carbocycles. The van der Waals surface area contributed by atoms with Crippen LogP contribution in [0.1, 0.15) is 6.42 Å². The van der Waals surface area contributed by atoms with Crippen LogP contribution in [-0.4, -0.2) is 27.1 Å². The Kier molecular flexibility index (Phi) is 3.12. The number of phenolic OH excluding ortho intramolecular Hbond substituents is 1. The molecule has 118 valence electrons. The van der Waals surface area contributed by atoms with Crippen LogP contribution in [0, 0.1) is 23.7 Å². The van der Waals surface area contributed by atoms with Crippen molar-refractivity contribution in [3.8, 4) is 5.75 Å². The molecule has 0 aliphatic heterocycles. The highest BCUT2D eigenvalue weighted by atomic mass is 32.1. The van der Waals surface area contributed by atoms with Gasteiger partial charge in [-0.2, -0.15) is 0 Å². The SMILES string of the molecule is O=C(Nc1nc2c(O)cccc2s1)[C@@H]1C2C=CC(C2)[C@@H]1C(=O)O. The number of allylic oxidation sites excluding steroid dienone is 2. The number of benzene rings is 1. The zero-order valence-corrected chi connectivity index (χ0v) is 12.8. The number of carboxylic acid groups (broad SMARTS) is 1. The van der Waals surface area contributed by atoms with Gasteiger partial charge in [-0.25, -0.2) is 4.98 Å². The Morgan fingerprint density at radius 3 is 2.65 bits per heavy atom. The Balaban J connectivity index is 1.60. The molecule has 6 nitrogen and oxygen atoms in total. The van der Waals surface area contributed by atoms with Crippen molar-refractivity contribution in [2.75, 3.05) is 5.32 Å². The molecular formula is C16H14N2O4S. The molecule has 2 aliphatic rings. The Morgan fingerprint density at radius 1 is 1.22 bits per heavy atom. The quantitative estimate of drug-likeness (QED) is 0.751. The molecule has 23 heavy (non-hydrogen) atoms. The number of nitrogens with one attached hydrogen (secondary N) is 1. The van der Waals surface area contributed by atoms with Crippen LogP contribution in [0.3, 0.4) is 0 Å². The summed E-state index contributed by atoms with van der Waals surface area (Å²) in [5, 5.41) is 22.3. The van der Waals surface area contributed by atoms with Gasteiger partial charge in [0.05, 0.1) is 16.5 Å². The van der Waals surface area contributed by atoms with E-state index in [4.69, 9.17) is 0 Å². The number of hydrogen-bond donors (Lipinski definition) is 3. The zero-order valence-electron chi connectivity index (χ0n) is 12.0. The molecule has 1 aromatic carbocycles. The lowest BCUT2D eigenvalue weighted by atomic mass is 9.82. The summed E-state index contributed by atoms with van der Waals surface area (Å²) in [5.74, 6) is -2.50. The molecule has 1 fully saturated rings. The van der Waals surface area contributed by atoms with Crippen molar-refractivity contribution in [3.63, 3.8) is 0 Å². The average Bonchev–Trinajstić information content (AvgIpc) is 3.19. The van der Waals surface area contributed by atoms with Gasteiger partial charge in [0.2, 0.25) is 5.91 Å². The largest absolute Gasteiger partial charge is 0.506 e. The molecule has 3 N–H and O–H groups in total. The summed E-state index contributed by atoms with van der Waals surface area (Å²) < 4.78 is 0.767. The molecule has 2 unspecified atom stereocenters. The van der Waals surface area contributed by atoms with Crippen LogP contribution >= 0.6 is 11.3 Å². The van der Waals surface area contributed by atoms with Gasteiger partial charge in [0.25, 0.3) is 0 Å². The maximum Gasteiger partial charge on any atom is 0.307 e. The number of nitrogens with zero attached hydrogens (tertiary/aromatic N) is 1. The normalized spacial score (nSPS) is 28.3. The van der Waals surface area contributed by atoms with E-state index in [1.807, 2.05) is 18.2 Å². The van der Waals surface area contributed by atoms with Gasteiger partial charge < -0.3 is 15.5 Å². The minimum Gasteiger partial charge on any atom is -0.506 e. The van der Waals surface area contributed by atoms with Crippen molar-refractivity contribution in [2.45, 2.75) is 6.42 Å². The highest BCUT2D eigenvalue weighted by molar-refractivity contribution is 7.22. The molecule has 7 heteroatoms. The standard InChI is InChI=1S/C16H14N2O4S/c19-9-2-1-3-10-13(9)17-16(23-10)18-14(20)11-7-4-5-8(6-7)12(11)15(21)22/h1-5,7-8,11-12,19H,6H2,(H,21,22)(H,17,18,20)/t7?,8?,11-,12+/m1/s1. The van der Waals surface area contributed by atoms with Crippen LogP contribution in [-0.2, 0) is 9.59 Å². The smallest absolute Gasteiger partial charge is 0.307 e. The summed E-state index contributed by atoms with van der Waals surface area (Å²) in [4.78, 5) is 28.3. The Hall–Kier alpha value is -2.41. The number of carbonyl (C=O) groups is 2. The van der Waals surface area contributed by atoms with Crippen molar-refractivity contribution in [1.29, 1.82) is 0 Å². The van der Waals surface area contributed by atoms with E-state index in [0.29, 0.717) is 10.6 Å².